The van der Waals surface area contributed by atoms with Crippen molar-refractivity contribution in [1.29, 1.82) is 0 Å². The van der Waals surface area contributed by atoms with Crippen LogP contribution in [0.2, 0.25) is 5.02 Å². The fourth-order valence-electron chi connectivity index (χ4n) is 1.55. The third-order valence-corrected chi connectivity index (χ3v) is 3.63. The Balaban J connectivity index is 2.10. The molecule has 8 nitrogen and oxygen atoms in total. The summed E-state index contributed by atoms with van der Waals surface area (Å²) in [6.07, 6.45) is 0. The highest BCUT2D eigenvalue weighted by molar-refractivity contribution is 7.89. The van der Waals surface area contributed by atoms with Crippen LogP contribution < -0.4 is 10.5 Å². The molecule has 0 saturated heterocycles. The second kappa shape index (κ2) is 5.72. The fourth-order valence-corrected chi connectivity index (χ4v) is 2.27. The summed E-state index contributed by atoms with van der Waals surface area (Å²) < 4.78 is 27.2. The van der Waals surface area contributed by atoms with Crippen LogP contribution in [0.5, 0.6) is 0 Å². The van der Waals surface area contributed by atoms with Crippen LogP contribution in [-0.4, -0.2) is 13.3 Å². The van der Waals surface area contributed by atoms with Gasteiger partial charge < -0.3 is 9.73 Å². The lowest BCUT2D eigenvalue weighted by Gasteiger charge is -2.06. The van der Waals surface area contributed by atoms with E-state index in [0.717, 1.165) is 0 Å². The van der Waals surface area contributed by atoms with Crippen LogP contribution in [0.25, 0.3) is 0 Å². The van der Waals surface area contributed by atoms with Gasteiger partial charge in [-0.05, 0) is 18.2 Å². The van der Waals surface area contributed by atoms with Gasteiger partial charge in [0, 0.05) is 12.1 Å². The highest BCUT2D eigenvalue weighted by Gasteiger charge is 2.14. The minimum atomic E-state index is -3.88. The molecule has 0 bridgehead atoms. The molecule has 1 aromatic heterocycles. The number of hydrogen-bond donors (Lipinski definition) is 2. The second-order valence-electron chi connectivity index (χ2n) is 4.04. The van der Waals surface area contributed by atoms with Gasteiger partial charge in [-0.3, -0.25) is 10.1 Å². The topological polar surface area (TPSA) is 128 Å². The Labute approximate surface area is 124 Å². The number of rotatable bonds is 5. The van der Waals surface area contributed by atoms with Crippen molar-refractivity contribution >= 4 is 33.0 Å². The Bertz CT molecular complexity index is 787. The molecule has 0 aliphatic rings. The Morgan fingerprint density at radius 1 is 1.33 bits per heavy atom. The molecule has 0 amide bonds. The fraction of sp³-hybridized carbons (Fsp3) is 0.0909. The molecule has 0 fully saturated rings. The summed E-state index contributed by atoms with van der Waals surface area (Å²) in [7, 11) is -3.88. The van der Waals surface area contributed by atoms with Gasteiger partial charge in [-0.15, -0.1) is 0 Å². The van der Waals surface area contributed by atoms with Crippen molar-refractivity contribution < 1.29 is 17.8 Å². The van der Waals surface area contributed by atoms with Crippen molar-refractivity contribution in [3.63, 3.8) is 0 Å². The number of nitro groups is 1. The van der Waals surface area contributed by atoms with Crippen molar-refractivity contribution in [2.45, 2.75) is 11.6 Å². The Kier molecular flexibility index (Phi) is 4.16. The number of non-ortho nitro benzene ring substituents is 1. The van der Waals surface area contributed by atoms with E-state index in [1.54, 1.807) is 0 Å². The van der Waals surface area contributed by atoms with Crippen LogP contribution >= 0.6 is 11.6 Å². The Morgan fingerprint density at radius 2 is 2.05 bits per heavy atom. The molecule has 0 unspecified atom stereocenters. The van der Waals surface area contributed by atoms with E-state index in [9.17, 15) is 18.5 Å². The summed E-state index contributed by atoms with van der Waals surface area (Å²) in [6.45, 7) is 0.146. The highest BCUT2D eigenvalue weighted by Crippen LogP contribution is 2.27. The van der Waals surface area contributed by atoms with Gasteiger partial charge in [0.15, 0.2) is 0 Å². The molecule has 1 heterocycles. The number of benzene rings is 1. The van der Waals surface area contributed by atoms with E-state index in [1.165, 1.54) is 30.3 Å². The van der Waals surface area contributed by atoms with Gasteiger partial charge in [-0.2, -0.15) is 0 Å². The smallest absolute Gasteiger partial charge is 0.271 e. The molecule has 0 atom stereocenters. The first-order valence-electron chi connectivity index (χ1n) is 5.56. The average Bonchev–Trinajstić information content (AvgIpc) is 2.85. The quantitative estimate of drug-likeness (QED) is 0.637. The van der Waals surface area contributed by atoms with E-state index in [0.29, 0.717) is 11.4 Å². The summed E-state index contributed by atoms with van der Waals surface area (Å²) in [5.74, 6) is 0.327. The number of nitrogens with one attached hydrogen (secondary N) is 1. The van der Waals surface area contributed by atoms with E-state index < -0.39 is 14.9 Å². The maximum atomic E-state index is 11.1. The van der Waals surface area contributed by atoms with E-state index in [1.807, 2.05) is 0 Å². The molecular formula is C11H10ClN3O5S. The lowest BCUT2D eigenvalue weighted by Crippen LogP contribution is -2.10. The van der Waals surface area contributed by atoms with Gasteiger partial charge in [0.1, 0.15) is 5.76 Å². The lowest BCUT2D eigenvalue weighted by molar-refractivity contribution is -0.384. The standard InChI is InChI=1S/C11H10ClN3O5S/c12-9-5-7(15(16)17)1-3-10(9)14-6-8-2-4-11(20-8)21(13,18)19/h1-5,14H,6H2,(H2,13,18,19). The number of furan rings is 1. The van der Waals surface area contributed by atoms with E-state index in [2.05, 4.69) is 5.32 Å². The lowest BCUT2D eigenvalue weighted by atomic mass is 10.3. The number of nitro benzene ring substituents is 1. The molecule has 2 aromatic rings. The van der Waals surface area contributed by atoms with Crippen molar-refractivity contribution in [1.82, 2.24) is 0 Å². The number of nitrogens with two attached hydrogens (primary N) is 1. The normalized spacial score (nSPS) is 11.3. The SMILES string of the molecule is NS(=O)(=O)c1ccc(CNc2ccc([N+](=O)[O-])cc2Cl)o1. The van der Waals surface area contributed by atoms with Crippen molar-refractivity contribution in [3.8, 4) is 0 Å². The number of halogens is 1. The van der Waals surface area contributed by atoms with Gasteiger partial charge in [-0.1, -0.05) is 11.6 Å². The minimum Gasteiger partial charge on any atom is -0.446 e. The van der Waals surface area contributed by atoms with Crippen molar-refractivity contribution in [2.24, 2.45) is 5.14 Å². The molecule has 0 aliphatic carbocycles. The molecule has 112 valence electrons. The number of nitrogens with zero attached hydrogens (tertiary/aromatic N) is 1. The summed E-state index contributed by atoms with van der Waals surface area (Å²) in [6, 6.07) is 6.65. The zero-order valence-corrected chi connectivity index (χ0v) is 12.0. The number of anilines is 1. The third-order valence-electron chi connectivity index (χ3n) is 2.53. The van der Waals surface area contributed by atoms with E-state index in [-0.39, 0.29) is 22.3 Å². The van der Waals surface area contributed by atoms with Crippen LogP contribution in [0.1, 0.15) is 5.76 Å². The molecule has 1 aromatic carbocycles. The first-order chi connectivity index (χ1) is 9.77. The molecule has 3 N–H and O–H groups in total. The van der Waals surface area contributed by atoms with E-state index >= 15 is 0 Å². The van der Waals surface area contributed by atoms with Gasteiger partial charge >= 0.3 is 0 Å². The predicted octanol–water partition coefficient (Wildman–Crippen LogP) is 2.10. The molecule has 21 heavy (non-hydrogen) atoms. The van der Waals surface area contributed by atoms with Gasteiger partial charge in [0.25, 0.3) is 15.7 Å². The monoisotopic (exact) mass is 331 g/mol. The number of primary sulfonamides is 1. The Hall–Kier alpha value is -2.10. The summed E-state index contributed by atoms with van der Waals surface area (Å²) >= 11 is 5.90. The van der Waals surface area contributed by atoms with Crippen LogP contribution in [0, 0.1) is 10.1 Å². The molecule has 2 rings (SSSR count). The zero-order chi connectivity index (χ0) is 15.6. The van der Waals surface area contributed by atoms with Crippen LogP contribution in [0.15, 0.2) is 39.8 Å². The first-order valence-corrected chi connectivity index (χ1v) is 7.49. The number of sulfonamides is 1. The highest BCUT2D eigenvalue weighted by atomic mass is 35.5. The summed E-state index contributed by atoms with van der Waals surface area (Å²) in [5, 5.41) is 18.2. The first kappa shape index (κ1) is 15.3. The van der Waals surface area contributed by atoms with Crippen LogP contribution in [0.3, 0.4) is 0 Å². The van der Waals surface area contributed by atoms with E-state index in [4.69, 9.17) is 21.2 Å². The minimum absolute atomic E-state index is 0.125. The third kappa shape index (κ3) is 3.72. The summed E-state index contributed by atoms with van der Waals surface area (Å²) in [5.41, 5.74) is 0.330. The Morgan fingerprint density at radius 3 is 2.57 bits per heavy atom. The van der Waals surface area contributed by atoms with Gasteiger partial charge in [-0.25, -0.2) is 13.6 Å². The second-order valence-corrected chi connectivity index (χ2v) is 5.94. The maximum absolute atomic E-state index is 11.1. The summed E-state index contributed by atoms with van der Waals surface area (Å²) in [4.78, 5) is 10.0. The van der Waals surface area contributed by atoms with Crippen molar-refractivity contribution in [2.75, 3.05) is 5.32 Å². The molecule has 0 spiro atoms. The van der Waals surface area contributed by atoms with Crippen molar-refractivity contribution in [3.05, 3.63) is 51.2 Å². The van der Waals surface area contributed by atoms with Gasteiger partial charge in [0.05, 0.1) is 22.2 Å². The zero-order valence-electron chi connectivity index (χ0n) is 10.4. The molecule has 0 aliphatic heterocycles. The molecular weight excluding hydrogens is 322 g/mol. The van der Waals surface area contributed by atoms with Gasteiger partial charge in [0.2, 0.25) is 5.09 Å². The average molecular weight is 332 g/mol. The molecule has 0 radical (unpaired) electrons. The number of hydrogen-bond acceptors (Lipinski definition) is 6. The maximum Gasteiger partial charge on any atom is 0.271 e. The molecule has 10 heteroatoms. The molecule has 0 saturated carbocycles. The van der Waals surface area contributed by atoms with Crippen LogP contribution in [-0.2, 0) is 16.6 Å². The van der Waals surface area contributed by atoms with Crippen LogP contribution in [0.4, 0.5) is 11.4 Å². The predicted molar refractivity (Wildman–Crippen MR) is 75.5 cm³/mol. The largest absolute Gasteiger partial charge is 0.446 e.